The fourth-order valence-electron chi connectivity index (χ4n) is 5.42. The van der Waals surface area contributed by atoms with E-state index in [4.69, 9.17) is 4.52 Å². The molecule has 2 aliphatic rings. The average molecular weight is 424 g/mol. The Labute approximate surface area is 187 Å². The maximum atomic E-state index is 13.7. The first-order chi connectivity index (χ1) is 15.6. The molecule has 0 saturated carbocycles. The topological polar surface area (TPSA) is 58.4 Å². The summed E-state index contributed by atoms with van der Waals surface area (Å²) in [6.07, 6.45) is 1.22. The first kappa shape index (κ1) is 19.1. The zero-order valence-corrected chi connectivity index (χ0v) is 18.3. The number of anilines is 3. The van der Waals surface area contributed by atoms with Crippen LogP contribution in [-0.4, -0.2) is 24.0 Å². The summed E-state index contributed by atoms with van der Waals surface area (Å²) in [7, 11) is 0. The number of rotatable bonds is 3. The molecule has 1 fully saturated rings. The van der Waals surface area contributed by atoms with E-state index in [9.17, 15) is 4.79 Å². The van der Waals surface area contributed by atoms with Crippen LogP contribution in [0.5, 0.6) is 0 Å². The van der Waals surface area contributed by atoms with Gasteiger partial charge in [0.15, 0.2) is 11.5 Å². The van der Waals surface area contributed by atoms with Gasteiger partial charge in [0.25, 0.3) is 0 Å². The lowest BCUT2D eigenvalue weighted by atomic mass is 9.85. The Balaban J connectivity index is 1.61. The second-order valence-electron chi connectivity index (χ2n) is 9.27. The number of para-hydroxylation sites is 1. The first-order valence-corrected chi connectivity index (χ1v) is 11.3. The number of hydrogen-bond donors (Lipinski definition) is 1. The minimum atomic E-state index is 0.00617. The number of hydrogen-bond acceptors (Lipinski definition) is 5. The van der Waals surface area contributed by atoms with E-state index in [-0.39, 0.29) is 5.78 Å². The van der Waals surface area contributed by atoms with E-state index < -0.39 is 0 Å². The Kier molecular flexibility index (Phi) is 4.32. The largest absolute Gasteiger partial charge is 0.369 e. The molecular formula is C27H25N3O2. The number of ketones is 1. The van der Waals surface area contributed by atoms with Crippen LogP contribution in [0.25, 0.3) is 22.2 Å². The molecule has 0 spiro atoms. The molecule has 6 rings (SSSR count). The van der Waals surface area contributed by atoms with E-state index in [1.807, 2.05) is 54.6 Å². The van der Waals surface area contributed by atoms with Gasteiger partial charge in [0, 0.05) is 29.9 Å². The molecular weight excluding hydrogens is 398 g/mol. The lowest BCUT2D eigenvalue weighted by Crippen LogP contribution is -2.39. The number of aromatic nitrogens is 1. The molecule has 32 heavy (non-hydrogen) atoms. The molecule has 1 saturated heterocycles. The lowest BCUT2D eigenvalue weighted by Gasteiger charge is -2.37. The van der Waals surface area contributed by atoms with Crippen molar-refractivity contribution in [1.82, 2.24) is 5.16 Å². The van der Waals surface area contributed by atoms with Crippen molar-refractivity contribution in [3.05, 3.63) is 71.8 Å². The average Bonchev–Trinajstić information content (AvgIpc) is 3.23. The third-order valence-electron chi connectivity index (χ3n) is 6.64. The molecule has 2 heterocycles. The van der Waals surface area contributed by atoms with Gasteiger partial charge in [0.05, 0.1) is 22.3 Å². The zero-order chi connectivity index (χ0) is 21.8. The van der Waals surface area contributed by atoms with Crippen LogP contribution in [0.3, 0.4) is 0 Å². The molecule has 0 radical (unpaired) electrons. The molecule has 2 atom stereocenters. The van der Waals surface area contributed by atoms with Crippen molar-refractivity contribution in [2.75, 3.05) is 23.3 Å². The van der Waals surface area contributed by atoms with Gasteiger partial charge in [-0.15, -0.1) is 0 Å². The standard InChI is InChI=1S/C27H25N3O2/c1-16-12-17(2)15-30(14-16)22-13-21(28-18-8-4-3-5-9-18)23-24-25(22)29-32-27(24)20-11-7-6-10-19(20)26(23)31/h3-11,13,16-17,28H,12,14-15H2,1-2H3. The highest BCUT2D eigenvalue weighted by molar-refractivity contribution is 6.28. The van der Waals surface area contributed by atoms with Crippen molar-refractivity contribution >= 4 is 33.7 Å². The summed E-state index contributed by atoms with van der Waals surface area (Å²) in [4.78, 5) is 16.1. The number of fused-ring (bicyclic) bond motifs is 2. The summed E-state index contributed by atoms with van der Waals surface area (Å²) >= 11 is 0. The fraction of sp³-hybridized carbons (Fsp3) is 0.259. The molecule has 5 nitrogen and oxygen atoms in total. The Morgan fingerprint density at radius 1 is 0.969 bits per heavy atom. The van der Waals surface area contributed by atoms with Crippen molar-refractivity contribution in [2.45, 2.75) is 20.3 Å². The molecule has 1 aliphatic carbocycles. The maximum absolute atomic E-state index is 13.7. The highest BCUT2D eigenvalue weighted by Crippen LogP contribution is 2.46. The predicted molar refractivity (Wildman–Crippen MR) is 128 cm³/mol. The quantitative estimate of drug-likeness (QED) is 0.371. The van der Waals surface area contributed by atoms with E-state index in [0.717, 1.165) is 46.6 Å². The Bertz CT molecular complexity index is 1330. The summed E-state index contributed by atoms with van der Waals surface area (Å²) in [5.74, 6) is 1.88. The Morgan fingerprint density at radius 3 is 2.41 bits per heavy atom. The molecule has 1 N–H and O–H groups in total. The van der Waals surface area contributed by atoms with Crippen LogP contribution >= 0.6 is 0 Å². The van der Waals surface area contributed by atoms with Crippen molar-refractivity contribution in [2.24, 2.45) is 11.8 Å². The fourth-order valence-corrected chi connectivity index (χ4v) is 5.42. The van der Waals surface area contributed by atoms with E-state index in [0.29, 0.717) is 28.7 Å². The predicted octanol–water partition coefficient (Wildman–Crippen LogP) is 6.27. The van der Waals surface area contributed by atoms with Gasteiger partial charge >= 0.3 is 0 Å². The molecule has 0 bridgehead atoms. The van der Waals surface area contributed by atoms with Gasteiger partial charge in [0.2, 0.25) is 0 Å². The molecule has 4 aromatic rings. The first-order valence-electron chi connectivity index (χ1n) is 11.3. The van der Waals surface area contributed by atoms with Crippen LogP contribution < -0.4 is 10.2 Å². The number of nitrogens with one attached hydrogen (secondary N) is 1. The molecule has 3 aromatic carbocycles. The second kappa shape index (κ2) is 7.23. The van der Waals surface area contributed by atoms with Crippen LogP contribution in [0.4, 0.5) is 17.1 Å². The number of piperidine rings is 1. The van der Waals surface area contributed by atoms with Gasteiger partial charge in [-0.3, -0.25) is 4.79 Å². The zero-order valence-electron chi connectivity index (χ0n) is 18.3. The maximum Gasteiger partial charge on any atom is 0.196 e. The smallest absolute Gasteiger partial charge is 0.196 e. The van der Waals surface area contributed by atoms with E-state index in [1.54, 1.807) is 0 Å². The summed E-state index contributed by atoms with van der Waals surface area (Å²) < 4.78 is 5.90. The Morgan fingerprint density at radius 2 is 1.66 bits per heavy atom. The minimum Gasteiger partial charge on any atom is -0.369 e. The van der Waals surface area contributed by atoms with Crippen molar-refractivity contribution < 1.29 is 9.32 Å². The number of carbonyl (C=O) groups is 1. The second-order valence-corrected chi connectivity index (χ2v) is 9.27. The normalized spacial score (nSPS) is 19.8. The third-order valence-corrected chi connectivity index (χ3v) is 6.64. The molecule has 0 amide bonds. The summed E-state index contributed by atoms with van der Waals surface area (Å²) in [6.45, 7) is 6.54. The van der Waals surface area contributed by atoms with Gasteiger partial charge in [-0.2, -0.15) is 0 Å². The SMILES string of the molecule is CC1CC(C)CN(c2cc(Nc3ccccc3)c3c4c(onc24)-c2ccccc2C3=O)C1. The highest BCUT2D eigenvalue weighted by Gasteiger charge is 2.34. The summed E-state index contributed by atoms with van der Waals surface area (Å²) in [6, 6.07) is 19.7. The number of carbonyl (C=O) groups excluding carboxylic acids is 1. The summed E-state index contributed by atoms with van der Waals surface area (Å²) in [5.41, 5.74) is 5.66. The van der Waals surface area contributed by atoms with Gasteiger partial charge in [-0.1, -0.05) is 61.5 Å². The van der Waals surface area contributed by atoms with Gasteiger partial charge < -0.3 is 14.7 Å². The molecule has 5 heteroatoms. The van der Waals surface area contributed by atoms with Crippen molar-refractivity contribution in [3.63, 3.8) is 0 Å². The van der Waals surface area contributed by atoms with Crippen LogP contribution in [0.15, 0.2) is 65.2 Å². The monoisotopic (exact) mass is 423 g/mol. The number of nitrogens with zero attached hydrogens (tertiary/aromatic N) is 2. The van der Waals surface area contributed by atoms with Gasteiger partial charge in [-0.25, -0.2) is 0 Å². The van der Waals surface area contributed by atoms with E-state index in [1.165, 1.54) is 6.42 Å². The van der Waals surface area contributed by atoms with Crippen molar-refractivity contribution in [3.8, 4) is 11.3 Å². The van der Waals surface area contributed by atoms with Crippen LogP contribution in [0, 0.1) is 11.8 Å². The summed E-state index contributed by atoms with van der Waals surface area (Å²) in [5, 5.41) is 8.83. The molecule has 2 unspecified atom stereocenters. The highest BCUT2D eigenvalue weighted by atomic mass is 16.5. The minimum absolute atomic E-state index is 0.00617. The molecule has 1 aromatic heterocycles. The molecule has 1 aliphatic heterocycles. The van der Waals surface area contributed by atoms with Crippen molar-refractivity contribution in [1.29, 1.82) is 0 Å². The third kappa shape index (κ3) is 2.92. The number of benzene rings is 3. The van der Waals surface area contributed by atoms with Crippen LogP contribution in [-0.2, 0) is 0 Å². The lowest BCUT2D eigenvalue weighted by molar-refractivity contribution is 0.104. The Hall–Kier alpha value is -3.60. The van der Waals surface area contributed by atoms with E-state index >= 15 is 0 Å². The van der Waals surface area contributed by atoms with Crippen LogP contribution in [0.1, 0.15) is 36.2 Å². The van der Waals surface area contributed by atoms with Gasteiger partial charge in [-0.05, 0) is 36.5 Å². The van der Waals surface area contributed by atoms with Crippen LogP contribution in [0.2, 0.25) is 0 Å². The molecule has 160 valence electrons. The van der Waals surface area contributed by atoms with E-state index in [2.05, 4.69) is 35.3 Å². The van der Waals surface area contributed by atoms with Gasteiger partial charge in [0.1, 0.15) is 5.52 Å².